The van der Waals surface area contributed by atoms with Gasteiger partial charge in [-0.15, -0.1) is 0 Å². The third kappa shape index (κ3) is 3.77. The molecule has 0 saturated heterocycles. The average molecular weight is 406 g/mol. The van der Waals surface area contributed by atoms with E-state index in [0.717, 1.165) is 5.82 Å². The largest absolute Gasteiger partial charge is 0.473 e. The molecular formula is C19H17ClNO5P. The van der Waals surface area contributed by atoms with Crippen LogP contribution in [0.5, 0.6) is 5.75 Å². The smallest absolute Gasteiger partial charge is 0.405 e. The second-order valence-electron chi connectivity index (χ2n) is 6.34. The molecule has 1 heterocycles. The van der Waals surface area contributed by atoms with Crippen molar-refractivity contribution in [2.75, 3.05) is 0 Å². The Kier molecular flexibility index (Phi) is 5.13. The number of carboxylic acid groups (broad SMARTS) is 1. The molecule has 1 amide bonds. The molecule has 1 atom stereocenters. The zero-order chi connectivity index (χ0) is 19.8. The first-order valence-corrected chi connectivity index (χ1v) is 10.2. The number of nitrogens with one attached hydrogen (secondary N) is 1. The molecule has 2 N–H and O–H groups in total. The molecular weight excluding hydrogens is 389 g/mol. The van der Waals surface area contributed by atoms with Crippen LogP contribution in [0.1, 0.15) is 35.3 Å². The minimum Gasteiger partial charge on any atom is -0.473 e. The minimum atomic E-state index is -4.16. The van der Waals surface area contributed by atoms with Crippen LogP contribution in [0, 0.1) is 0 Å². The molecule has 1 unspecified atom stereocenters. The first-order valence-electron chi connectivity index (χ1n) is 8.17. The van der Waals surface area contributed by atoms with Crippen molar-refractivity contribution in [2.24, 2.45) is 0 Å². The van der Waals surface area contributed by atoms with Gasteiger partial charge in [0.2, 0.25) is 0 Å². The summed E-state index contributed by atoms with van der Waals surface area (Å²) in [6.07, 6.45) is 0. The lowest BCUT2D eigenvalue weighted by Crippen LogP contribution is -2.30. The molecule has 3 rings (SSSR count). The van der Waals surface area contributed by atoms with Crippen molar-refractivity contribution in [1.29, 1.82) is 0 Å². The van der Waals surface area contributed by atoms with E-state index in [2.05, 4.69) is 5.32 Å². The van der Waals surface area contributed by atoms with E-state index in [1.54, 1.807) is 36.4 Å². The molecule has 1 aliphatic rings. The zero-order valence-corrected chi connectivity index (χ0v) is 16.3. The second-order valence-corrected chi connectivity index (χ2v) is 8.77. The van der Waals surface area contributed by atoms with Gasteiger partial charge in [0.25, 0.3) is 5.91 Å². The van der Waals surface area contributed by atoms with Gasteiger partial charge < -0.3 is 14.9 Å². The SMILES string of the molecule is CC(C)NC(=O)c1cc(Cl)c2c(c1)C(c1ccccc1)=CP(=O)(C(=O)O)O2. The van der Waals surface area contributed by atoms with Gasteiger partial charge in [-0.2, -0.15) is 0 Å². The molecule has 2 aromatic rings. The van der Waals surface area contributed by atoms with Gasteiger partial charge in [0.15, 0.2) is 5.75 Å². The molecule has 1 aliphatic heterocycles. The van der Waals surface area contributed by atoms with E-state index in [0.29, 0.717) is 22.3 Å². The zero-order valence-electron chi connectivity index (χ0n) is 14.6. The maximum Gasteiger partial charge on any atom is 0.405 e. The van der Waals surface area contributed by atoms with E-state index in [-0.39, 0.29) is 22.7 Å². The van der Waals surface area contributed by atoms with E-state index in [4.69, 9.17) is 16.1 Å². The number of hydrogen-bond acceptors (Lipinski definition) is 4. The predicted molar refractivity (Wildman–Crippen MR) is 104 cm³/mol. The fraction of sp³-hybridized carbons (Fsp3) is 0.158. The van der Waals surface area contributed by atoms with Crippen LogP contribution in [0.25, 0.3) is 5.57 Å². The normalized spacial score (nSPS) is 18.3. The van der Waals surface area contributed by atoms with Crippen LogP contribution in [0.15, 0.2) is 48.3 Å². The first-order chi connectivity index (χ1) is 12.7. The Morgan fingerprint density at radius 1 is 1.19 bits per heavy atom. The highest BCUT2D eigenvalue weighted by Crippen LogP contribution is 2.59. The van der Waals surface area contributed by atoms with E-state index in [1.165, 1.54) is 6.07 Å². The lowest BCUT2D eigenvalue weighted by molar-refractivity contribution is 0.0943. The van der Waals surface area contributed by atoms with Crippen LogP contribution in [0.3, 0.4) is 0 Å². The van der Waals surface area contributed by atoms with Crippen LogP contribution in [-0.4, -0.2) is 22.8 Å². The molecule has 2 aromatic carbocycles. The van der Waals surface area contributed by atoms with Crippen molar-refractivity contribution in [3.8, 4) is 5.75 Å². The first kappa shape index (κ1) is 19.2. The van der Waals surface area contributed by atoms with E-state index < -0.39 is 13.1 Å². The number of carbonyl (C=O) groups excluding carboxylic acids is 1. The lowest BCUT2D eigenvalue weighted by Gasteiger charge is -2.25. The summed E-state index contributed by atoms with van der Waals surface area (Å²) < 4.78 is 18.1. The summed E-state index contributed by atoms with van der Waals surface area (Å²) in [4.78, 5) is 23.9. The summed E-state index contributed by atoms with van der Waals surface area (Å²) in [5, 5.41) is 12.2. The maximum absolute atomic E-state index is 12.8. The number of rotatable bonds is 4. The summed E-state index contributed by atoms with van der Waals surface area (Å²) >= 11 is 6.27. The van der Waals surface area contributed by atoms with Crippen LogP contribution in [-0.2, 0) is 4.57 Å². The Morgan fingerprint density at radius 2 is 1.85 bits per heavy atom. The monoisotopic (exact) mass is 405 g/mol. The Balaban J connectivity index is 2.22. The topological polar surface area (TPSA) is 92.7 Å². The van der Waals surface area contributed by atoms with Crippen molar-refractivity contribution >= 4 is 36.2 Å². The highest BCUT2D eigenvalue weighted by molar-refractivity contribution is 7.78. The molecule has 8 heteroatoms. The van der Waals surface area contributed by atoms with Gasteiger partial charge in [-0.3, -0.25) is 9.36 Å². The molecule has 0 aromatic heterocycles. The van der Waals surface area contributed by atoms with Crippen molar-refractivity contribution in [1.82, 2.24) is 5.32 Å². The van der Waals surface area contributed by atoms with Crippen LogP contribution < -0.4 is 9.84 Å². The highest BCUT2D eigenvalue weighted by atomic mass is 35.5. The standard InChI is InChI=1S/C19H17ClNO5P/c1-11(2)21-18(22)13-8-14-15(12-6-4-3-5-7-12)10-27(25,19(23)24)26-17(14)16(20)9-13/h3-11H,1-2H3,(H,21,22)(H,23,24). The van der Waals surface area contributed by atoms with Gasteiger partial charge in [-0.1, -0.05) is 41.9 Å². The summed E-state index contributed by atoms with van der Waals surface area (Å²) in [7, 11) is -4.16. The number of benzene rings is 2. The van der Waals surface area contributed by atoms with Crippen LogP contribution in [0.4, 0.5) is 4.79 Å². The summed E-state index contributed by atoms with van der Waals surface area (Å²) in [6, 6.07) is 11.7. The molecule has 0 radical (unpaired) electrons. The third-order valence-electron chi connectivity index (χ3n) is 3.89. The van der Waals surface area contributed by atoms with Gasteiger partial charge in [-0.25, -0.2) is 4.79 Å². The fourth-order valence-corrected chi connectivity index (χ4v) is 4.36. The lowest BCUT2D eigenvalue weighted by atomic mass is 9.96. The number of fused-ring (bicyclic) bond motifs is 1. The van der Waals surface area contributed by atoms with Gasteiger partial charge in [0.05, 0.1) is 5.02 Å². The molecule has 27 heavy (non-hydrogen) atoms. The Hall–Kier alpha value is -2.56. The molecule has 0 aliphatic carbocycles. The molecule has 6 nitrogen and oxygen atoms in total. The van der Waals surface area contributed by atoms with Gasteiger partial charge in [0.1, 0.15) is 0 Å². The minimum absolute atomic E-state index is 0.00940. The maximum atomic E-state index is 12.8. The molecule has 0 bridgehead atoms. The summed E-state index contributed by atoms with van der Waals surface area (Å²) in [6.45, 7) is 3.67. The number of hydrogen-bond donors (Lipinski definition) is 2. The summed E-state index contributed by atoms with van der Waals surface area (Å²) in [5.74, 6) is 0.770. The van der Waals surface area contributed by atoms with Crippen LogP contribution >= 0.6 is 19.0 Å². The fourth-order valence-electron chi connectivity index (χ4n) is 2.71. The number of amides is 1. The number of halogens is 1. The van der Waals surface area contributed by atoms with Crippen molar-refractivity contribution in [3.63, 3.8) is 0 Å². The predicted octanol–water partition coefficient (Wildman–Crippen LogP) is 5.22. The van der Waals surface area contributed by atoms with Crippen molar-refractivity contribution in [3.05, 3.63) is 70.0 Å². The average Bonchev–Trinajstić information content (AvgIpc) is 2.61. The Bertz CT molecular complexity index is 1000. The van der Waals surface area contributed by atoms with Gasteiger partial charge >= 0.3 is 13.1 Å². The molecule has 0 fully saturated rings. The molecule has 0 spiro atoms. The quantitative estimate of drug-likeness (QED) is 0.680. The molecule has 140 valence electrons. The highest BCUT2D eigenvalue weighted by Gasteiger charge is 2.39. The Labute approximate surface area is 161 Å². The Morgan fingerprint density at radius 3 is 2.44 bits per heavy atom. The van der Waals surface area contributed by atoms with E-state index in [9.17, 15) is 19.3 Å². The second kappa shape index (κ2) is 7.22. The third-order valence-corrected chi connectivity index (χ3v) is 5.76. The van der Waals surface area contributed by atoms with Gasteiger partial charge in [0, 0.05) is 28.6 Å². The molecule has 0 saturated carbocycles. The van der Waals surface area contributed by atoms with Crippen molar-refractivity contribution in [2.45, 2.75) is 19.9 Å². The van der Waals surface area contributed by atoms with E-state index in [1.807, 2.05) is 13.8 Å². The van der Waals surface area contributed by atoms with Crippen molar-refractivity contribution < 1.29 is 23.8 Å². The summed E-state index contributed by atoms with van der Waals surface area (Å²) in [5.41, 5.74) is 0.171. The number of carbonyl (C=O) groups is 2. The van der Waals surface area contributed by atoms with E-state index >= 15 is 0 Å². The van der Waals surface area contributed by atoms with Crippen LogP contribution in [0.2, 0.25) is 5.02 Å². The van der Waals surface area contributed by atoms with Gasteiger partial charge in [-0.05, 0) is 31.5 Å².